The molecule has 1 saturated carbocycles. The van der Waals surface area contributed by atoms with Crippen LogP contribution in [0.25, 0.3) is 0 Å². The maximum absolute atomic E-state index is 12.7. The van der Waals surface area contributed by atoms with Gasteiger partial charge in [-0.2, -0.15) is 0 Å². The fraction of sp³-hybridized carbons (Fsp3) is 0.278. The van der Waals surface area contributed by atoms with Crippen LogP contribution in [0.4, 0.5) is 5.69 Å². The average molecular weight is 374 g/mol. The Morgan fingerprint density at radius 2 is 1.77 bits per heavy atom. The molecule has 1 heterocycles. The molecule has 1 aliphatic carbocycles. The van der Waals surface area contributed by atoms with E-state index in [9.17, 15) is 13.2 Å². The molecule has 0 saturated heterocycles. The zero-order valence-electron chi connectivity index (χ0n) is 13.9. The van der Waals surface area contributed by atoms with E-state index in [2.05, 4.69) is 10.0 Å². The number of ether oxygens (including phenoxy) is 2. The lowest BCUT2D eigenvalue weighted by atomic mass is 10.2. The Kier molecular flexibility index (Phi) is 4.20. The normalized spacial score (nSPS) is 16.0. The van der Waals surface area contributed by atoms with Crippen LogP contribution in [0.15, 0.2) is 47.4 Å². The molecule has 0 spiro atoms. The van der Waals surface area contributed by atoms with Crippen molar-refractivity contribution in [2.24, 2.45) is 0 Å². The van der Waals surface area contributed by atoms with Gasteiger partial charge >= 0.3 is 0 Å². The number of rotatable bonds is 5. The number of anilines is 1. The van der Waals surface area contributed by atoms with Crippen LogP contribution in [0.1, 0.15) is 23.2 Å². The van der Waals surface area contributed by atoms with Crippen molar-refractivity contribution in [3.05, 3.63) is 48.0 Å². The Hall–Kier alpha value is -2.74. The molecule has 2 N–H and O–H groups in total. The van der Waals surface area contributed by atoms with Crippen molar-refractivity contribution >= 4 is 21.6 Å². The molecule has 1 fully saturated rings. The molecule has 2 aromatic rings. The van der Waals surface area contributed by atoms with Gasteiger partial charge in [0.25, 0.3) is 15.9 Å². The summed E-state index contributed by atoms with van der Waals surface area (Å²) in [5, 5.41) is 2.85. The van der Waals surface area contributed by atoms with Crippen molar-refractivity contribution in [2.75, 3.05) is 17.9 Å². The predicted molar refractivity (Wildman–Crippen MR) is 95.2 cm³/mol. The molecule has 4 rings (SSSR count). The third-order valence-electron chi connectivity index (χ3n) is 4.11. The molecule has 0 bridgehead atoms. The van der Waals surface area contributed by atoms with Crippen LogP contribution in [-0.2, 0) is 10.0 Å². The highest BCUT2D eigenvalue weighted by Gasteiger charge is 2.24. The lowest BCUT2D eigenvalue weighted by Gasteiger charge is -2.19. The van der Waals surface area contributed by atoms with Gasteiger partial charge in [-0.15, -0.1) is 0 Å². The second kappa shape index (κ2) is 6.53. The Morgan fingerprint density at radius 1 is 1.00 bits per heavy atom. The van der Waals surface area contributed by atoms with Crippen LogP contribution < -0.4 is 19.5 Å². The highest BCUT2D eigenvalue weighted by Crippen LogP contribution is 2.33. The molecule has 0 unspecified atom stereocenters. The minimum Gasteiger partial charge on any atom is -0.486 e. The van der Waals surface area contributed by atoms with Crippen molar-refractivity contribution in [1.82, 2.24) is 5.32 Å². The van der Waals surface area contributed by atoms with E-state index in [0.717, 1.165) is 12.8 Å². The lowest BCUT2D eigenvalue weighted by molar-refractivity contribution is 0.0951. The van der Waals surface area contributed by atoms with Crippen LogP contribution >= 0.6 is 0 Å². The van der Waals surface area contributed by atoms with E-state index in [4.69, 9.17) is 9.47 Å². The molecule has 136 valence electrons. The third kappa shape index (κ3) is 3.60. The SMILES string of the molecule is O=C(NC1CC1)c1cccc(S(=O)(=O)Nc2ccc3c(c2)OCCO3)c1. The van der Waals surface area contributed by atoms with Crippen LogP contribution in [0.3, 0.4) is 0 Å². The molecule has 7 nitrogen and oxygen atoms in total. The van der Waals surface area contributed by atoms with Crippen LogP contribution in [-0.4, -0.2) is 33.6 Å². The van der Waals surface area contributed by atoms with Gasteiger partial charge in [0.05, 0.1) is 10.6 Å². The summed E-state index contributed by atoms with van der Waals surface area (Å²) in [6, 6.07) is 11.0. The first-order valence-electron chi connectivity index (χ1n) is 8.35. The summed E-state index contributed by atoms with van der Waals surface area (Å²) < 4.78 is 38.7. The number of sulfonamides is 1. The number of nitrogens with one attached hydrogen (secondary N) is 2. The molecule has 1 amide bonds. The lowest BCUT2D eigenvalue weighted by Crippen LogP contribution is -2.25. The number of amides is 1. The van der Waals surface area contributed by atoms with Gasteiger partial charge in [-0.25, -0.2) is 8.42 Å². The number of hydrogen-bond acceptors (Lipinski definition) is 5. The minimum absolute atomic E-state index is 0.0239. The van der Waals surface area contributed by atoms with E-state index in [1.807, 2.05) is 0 Å². The fourth-order valence-electron chi connectivity index (χ4n) is 2.62. The van der Waals surface area contributed by atoms with Crippen molar-refractivity contribution < 1.29 is 22.7 Å². The zero-order chi connectivity index (χ0) is 18.1. The molecule has 0 atom stereocenters. The molecule has 1 aliphatic heterocycles. The summed E-state index contributed by atoms with van der Waals surface area (Å²) in [5.41, 5.74) is 0.684. The first-order chi connectivity index (χ1) is 12.5. The Labute approximate surface area is 151 Å². The summed E-state index contributed by atoms with van der Waals surface area (Å²) in [6.07, 6.45) is 1.94. The Balaban J connectivity index is 1.55. The van der Waals surface area contributed by atoms with Gasteiger partial charge in [0, 0.05) is 17.7 Å². The summed E-state index contributed by atoms with van der Waals surface area (Å²) in [5.74, 6) is 0.816. The highest BCUT2D eigenvalue weighted by atomic mass is 32.2. The fourth-order valence-corrected chi connectivity index (χ4v) is 3.72. The van der Waals surface area contributed by atoms with Gasteiger partial charge in [0.2, 0.25) is 0 Å². The average Bonchev–Trinajstić information content (AvgIpc) is 3.45. The van der Waals surface area contributed by atoms with Gasteiger partial charge in [0.1, 0.15) is 13.2 Å². The van der Waals surface area contributed by atoms with Gasteiger partial charge in [-0.1, -0.05) is 6.07 Å². The molecule has 0 aromatic heterocycles. The maximum Gasteiger partial charge on any atom is 0.261 e. The van der Waals surface area contributed by atoms with Crippen molar-refractivity contribution in [2.45, 2.75) is 23.8 Å². The van der Waals surface area contributed by atoms with E-state index < -0.39 is 10.0 Å². The smallest absolute Gasteiger partial charge is 0.261 e. The van der Waals surface area contributed by atoms with Crippen molar-refractivity contribution in [3.63, 3.8) is 0 Å². The largest absolute Gasteiger partial charge is 0.486 e. The van der Waals surface area contributed by atoms with Crippen LogP contribution in [0.5, 0.6) is 11.5 Å². The molecule has 2 aromatic carbocycles. The zero-order valence-corrected chi connectivity index (χ0v) is 14.7. The summed E-state index contributed by atoms with van der Waals surface area (Å²) in [6.45, 7) is 0.884. The first-order valence-corrected chi connectivity index (χ1v) is 9.83. The predicted octanol–water partition coefficient (Wildman–Crippen LogP) is 2.15. The number of hydrogen-bond donors (Lipinski definition) is 2. The van der Waals surface area contributed by atoms with Gasteiger partial charge in [-0.05, 0) is 43.2 Å². The van der Waals surface area contributed by atoms with E-state index in [1.165, 1.54) is 12.1 Å². The van der Waals surface area contributed by atoms with E-state index in [-0.39, 0.29) is 16.8 Å². The van der Waals surface area contributed by atoms with E-state index in [1.54, 1.807) is 30.3 Å². The standard InChI is InChI=1S/C18H18N2O5S/c21-18(19-13-4-5-13)12-2-1-3-15(10-12)26(22,23)20-14-6-7-16-17(11-14)25-9-8-24-16/h1-3,6-7,10-11,13,20H,4-5,8-9H2,(H,19,21). The van der Waals surface area contributed by atoms with Crippen LogP contribution in [0, 0.1) is 0 Å². The summed E-state index contributed by atoms with van der Waals surface area (Å²) in [7, 11) is -3.84. The van der Waals surface area contributed by atoms with Gasteiger partial charge in [0.15, 0.2) is 11.5 Å². The topological polar surface area (TPSA) is 93.7 Å². The maximum atomic E-state index is 12.7. The first kappa shape index (κ1) is 16.7. The molecule has 0 radical (unpaired) electrons. The third-order valence-corrected chi connectivity index (χ3v) is 5.49. The summed E-state index contributed by atoms with van der Waals surface area (Å²) in [4.78, 5) is 12.2. The van der Waals surface area contributed by atoms with Gasteiger partial charge in [-0.3, -0.25) is 9.52 Å². The minimum atomic E-state index is -3.84. The summed E-state index contributed by atoms with van der Waals surface area (Å²) >= 11 is 0. The van der Waals surface area contributed by atoms with E-state index in [0.29, 0.717) is 36.0 Å². The number of carbonyl (C=O) groups is 1. The molecular formula is C18H18N2O5S. The molecular weight excluding hydrogens is 356 g/mol. The van der Waals surface area contributed by atoms with Crippen molar-refractivity contribution in [3.8, 4) is 11.5 Å². The quantitative estimate of drug-likeness (QED) is 0.836. The molecule has 2 aliphatic rings. The second-order valence-electron chi connectivity index (χ2n) is 6.24. The van der Waals surface area contributed by atoms with Gasteiger partial charge < -0.3 is 14.8 Å². The number of fused-ring (bicyclic) bond motifs is 1. The second-order valence-corrected chi connectivity index (χ2v) is 7.92. The monoisotopic (exact) mass is 374 g/mol. The Morgan fingerprint density at radius 3 is 2.54 bits per heavy atom. The number of carbonyl (C=O) groups excluding carboxylic acids is 1. The Bertz CT molecular complexity index is 954. The van der Waals surface area contributed by atoms with Crippen molar-refractivity contribution in [1.29, 1.82) is 0 Å². The van der Waals surface area contributed by atoms with Crippen LogP contribution in [0.2, 0.25) is 0 Å². The molecule has 26 heavy (non-hydrogen) atoms. The number of benzene rings is 2. The van der Waals surface area contributed by atoms with E-state index >= 15 is 0 Å². The molecule has 8 heteroatoms. The highest BCUT2D eigenvalue weighted by molar-refractivity contribution is 7.92.